The molecule has 45 heavy (non-hydrogen) atoms. The fraction of sp³-hybridized carbons (Fsp3) is 0. The Morgan fingerprint density at radius 2 is 0.844 bits per heavy atom. The molecule has 212 valence electrons. The van der Waals surface area contributed by atoms with Crippen molar-refractivity contribution >= 4 is 38.6 Å². The fourth-order valence-corrected chi connectivity index (χ4v) is 6.50. The van der Waals surface area contributed by atoms with Crippen molar-refractivity contribution in [2.45, 2.75) is 0 Å². The van der Waals surface area contributed by atoms with Gasteiger partial charge in [-0.15, -0.1) is 0 Å². The molecule has 0 saturated carbocycles. The minimum absolute atomic E-state index is 1.11. The van der Waals surface area contributed by atoms with Gasteiger partial charge in [-0.2, -0.15) is 0 Å². The van der Waals surface area contributed by atoms with Crippen LogP contribution in [0.4, 0.5) is 17.1 Å². The number of nitrogens with zero attached hydrogens (tertiary/aromatic N) is 1. The maximum atomic E-state index is 2.38. The molecule has 0 fully saturated rings. The van der Waals surface area contributed by atoms with E-state index in [1.54, 1.807) is 0 Å². The summed E-state index contributed by atoms with van der Waals surface area (Å²) in [6.45, 7) is 0. The zero-order valence-electron chi connectivity index (χ0n) is 24.8. The first-order valence-corrected chi connectivity index (χ1v) is 15.4. The van der Waals surface area contributed by atoms with Crippen molar-refractivity contribution in [1.82, 2.24) is 0 Å². The van der Waals surface area contributed by atoms with Gasteiger partial charge in [-0.05, 0) is 85.8 Å². The van der Waals surface area contributed by atoms with Crippen LogP contribution >= 0.6 is 0 Å². The molecule has 0 bridgehead atoms. The second-order valence-corrected chi connectivity index (χ2v) is 11.4. The third kappa shape index (κ3) is 5.05. The fourth-order valence-electron chi connectivity index (χ4n) is 6.50. The van der Waals surface area contributed by atoms with Gasteiger partial charge in [0, 0.05) is 16.9 Å². The highest BCUT2D eigenvalue weighted by Crippen LogP contribution is 2.44. The van der Waals surface area contributed by atoms with Crippen LogP contribution < -0.4 is 4.90 Å². The minimum Gasteiger partial charge on any atom is -0.310 e. The quantitative estimate of drug-likeness (QED) is 0.191. The Morgan fingerprint density at radius 3 is 1.62 bits per heavy atom. The molecule has 0 aromatic heterocycles. The van der Waals surface area contributed by atoms with Crippen LogP contribution in [-0.2, 0) is 0 Å². The maximum absolute atomic E-state index is 2.38. The lowest BCUT2D eigenvalue weighted by Crippen LogP contribution is -2.11. The van der Waals surface area contributed by atoms with Gasteiger partial charge in [0.25, 0.3) is 0 Å². The Kier molecular flexibility index (Phi) is 6.90. The molecule has 8 aromatic carbocycles. The Hall–Kier alpha value is -5.92. The molecule has 0 radical (unpaired) electrons. The smallest absolute Gasteiger partial charge is 0.0540 e. The maximum Gasteiger partial charge on any atom is 0.0540 e. The highest BCUT2D eigenvalue weighted by molar-refractivity contribution is 6.08. The number of rotatable bonds is 6. The van der Waals surface area contributed by atoms with Gasteiger partial charge in [0.05, 0.1) is 5.69 Å². The Morgan fingerprint density at radius 1 is 0.289 bits per heavy atom. The molecule has 0 saturated heterocycles. The molecule has 8 rings (SSSR count). The van der Waals surface area contributed by atoms with E-state index >= 15 is 0 Å². The average Bonchev–Trinajstić information content (AvgIpc) is 3.12. The molecule has 1 heteroatoms. The molecular weight excluding hydrogens is 542 g/mol. The van der Waals surface area contributed by atoms with E-state index in [9.17, 15) is 0 Å². The number of fused-ring (bicyclic) bond motifs is 2. The summed E-state index contributed by atoms with van der Waals surface area (Å²) in [5.41, 5.74) is 10.7. The first-order chi connectivity index (χ1) is 22.3. The van der Waals surface area contributed by atoms with Crippen molar-refractivity contribution in [3.8, 4) is 33.4 Å². The molecule has 1 nitrogen and oxygen atoms in total. The molecular formula is C44H31N. The Bertz CT molecular complexity index is 2250. The van der Waals surface area contributed by atoms with Gasteiger partial charge in [0.2, 0.25) is 0 Å². The summed E-state index contributed by atoms with van der Waals surface area (Å²) in [4.78, 5) is 2.38. The monoisotopic (exact) mass is 573 g/mol. The highest BCUT2D eigenvalue weighted by Gasteiger charge is 2.19. The topological polar surface area (TPSA) is 3.24 Å². The predicted molar refractivity (Wildman–Crippen MR) is 192 cm³/mol. The summed E-state index contributed by atoms with van der Waals surface area (Å²) in [7, 11) is 0. The first-order valence-electron chi connectivity index (χ1n) is 15.4. The van der Waals surface area contributed by atoms with Crippen LogP contribution in [0.15, 0.2) is 188 Å². The lowest BCUT2D eigenvalue weighted by Gasteiger charge is -2.28. The van der Waals surface area contributed by atoms with E-state index in [1.807, 2.05) is 0 Å². The van der Waals surface area contributed by atoms with Crippen molar-refractivity contribution in [3.63, 3.8) is 0 Å². The molecule has 0 spiro atoms. The largest absolute Gasteiger partial charge is 0.310 e. The molecule has 0 unspecified atom stereocenters. The zero-order valence-corrected chi connectivity index (χ0v) is 24.8. The van der Waals surface area contributed by atoms with Crippen LogP contribution in [0.5, 0.6) is 0 Å². The highest BCUT2D eigenvalue weighted by atomic mass is 15.1. The third-order valence-electron chi connectivity index (χ3n) is 8.65. The molecule has 0 aliphatic carbocycles. The SMILES string of the molecule is c1ccc(-c2cccc3cccc(-c4ccccc4N(c4ccccc4)c4ccc(-c5ccc6ccccc6c5)cc4)c23)cc1. The van der Waals surface area contributed by atoms with Gasteiger partial charge < -0.3 is 4.90 Å². The van der Waals surface area contributed by atoms with E-state index < -0.39 is 0 Å². The number of para-hydroxylation sites is 2. The second-order valence-electron chi connectivity index (χ2n) is 11.4. The van der Waals surface area contributed by atoms with Gasteiger partial charge in [-0.25, -0.2) is 0 Å². The van der Waals surface area contributed by atoms with Gasteiger partial charge in [-0.1, -0.05) is 152 Å². The molecule has 8 aromatic rings. The van der Waals surface area contributed by atoms with Gasteiger partial charge in [0.1, 0.15) is 0 Å². The van der Waals surface area contributed by atoms with E-state index in [2.05, 4.69) is 193 Å². The van der Waals surface area contributed by atoms with Crippen molar-refractivity contribution < 1.29 is 0 Å². The number of hydrogen-bond donors (Lipinski definition) is 0. The molecule has 0 atom stereocenters. The van der Waals surface area contributed by atoms with Crippen molar-refractivity contribution in [2.75, 3.05) is 4.90 Å². The average molecular weight is 574 g/mol. The van der Waals surface area contributed by atoms with Crippen LogP contribution in [0.25, 0.3) is 54.9 Å². The van der Waals surface area contributed by atoms with Crippen LogP contribution in [0.1, 0.15) is 0 Å². The first kappa shape index (κ1) is 26.7. The standard InChI is InChI=1S/C44H31N/c1-3-14-34(15-4-1)40-22-11-17-35-18-12-23-42(44(35)40)41-21-9-10-24-43(41)45(38-19-5-2-6-20-38)39-29-27-33(28-30-39)37-26-25-32-13-7-8-16-36(32)31-37/h1-31H. The van der Waals surface area contributed by atoms with Crippen molar-refractivity contribution in [1.29, 1.82) is 0 Å². The lowest BCUT2D eigenvalue weighted by atomic mass is 9.90. The van der Waals surface area contributed by atoms with E-state index in [-0.39, 0.29) is 0 Å². The summed E-state index contributed by atoms with van der Waals surface area (Å²) in [5.74, 6) is 0. The van der Waals surface area contributed by atoms with Crippen molar-refractivity contribution in [2.24, 2.45) is 0 Å². The number of anilines is 3. The molecule has 0 heterocycles. The van der Waals surface area contributed by atoms with Gasteiger partial charge in [0.15, 0.2) is 0 Å². The van der Waals surface area contributed by atoms with Crippen LogP contribution in [0.3, 0.4) is 0 Å². The summed E-state index contributed by atoms with van der Waals surface area (Å²) in [5, 5.41) is 5.01. The molecule has 0 N–H and O–H groups in total. The number of hydrogen-bond acceptors (Lipinski definition) is 1. The minimum atomic E-state index is 1.11. The van der Waals surface area contributed by atoms with Crippen LogP contribution in [0.2, 0.25) is 0 Å². The van der Waals surface area contributed by atoms with Crippen molar-refractivity contribution in [3.05, 3.63) is 188 Å². The Balaban J connectivity index is 1.29. The zero-order chi connectivity index (χ0) is 30.0. The summed E-state index contributed by atoms with van der Waals surface area (Å²) in [6, 6.07) is 67.6. The Labute approximate surface area is 264 Å². The van der Waals surface area contributed by atoms with E-state index in [1.165, 1.54) is 54.9 Å². The van der Waals surface area contributed by atoms with E-state index in [4.69, 9.17) is 0 Å². The van der Waals surface area contributed by atoms with E-state index in [0.29, 0.717) is 0 Å². The molecule has 0 aliphatic heterocycles. The summed E-state index contributed by atoms with van der Waals surface area (Å²) in [6.07, 6.45) is 0. The van der Waals surface area contributed by atoms with Crippen LogP contribution in [-0.4, -0.2) is 0 Å². The van der Waals surface area contributed by atoms with Crippen LogP contribution in [0, 0.1) is 0 Å². The lowest BCUT2D eigenvalue weighted by molar-refractivity contribution is 1.28. The number of benzene rings is 8. The summed E-state index contributed by atoms with van der Waals surface area (Å²) < 4.78 is 0. The molecule has 0 amide bonds. The van der Waals surface area contributed by atoms with Gasteiger partial charge in [-0.3, -0.25) is 0 Å². The second kappa shape index (κ2) is 11.6. The summed E-state index contributed by atoms with van der Waals surface area (Å²) >= 11 is 0. The van der Waals surface area contributed by atoms with E-state index in [0.717, 1.165) is 17.1 Å². The van der Waals surface area contributed by atoms with Gasteiger partial charge >= 0.3 is 0 Å². The predicted octanol–water partition coefficient (Wildman–Crippen LogP) is 12.5. The normalized spacial score (nSPS) is 11.1. The third-order valence-corrected chi connectivity index (χ3v) is 8.65. The molecule has 0 aliphatic rings.